The summed E-state index contributed by atoms with van der Waals surface area (Å²) in [5.41, 5.74) is 4.98. The van der Waals surface area contributed by atoms with E-state index in [4.69, 9.17) is 13.2 Å². The Morgan fingerprint density at radius 3 is 2.38 bits per heavy atom. The molecule has 1 aromatic rings. The first-order valence-electron chi connectivity index (χ1n) is 14.7. The van der Waals surface area contributed by atoms with E-state index >= 15 is 0 Å². The first-order chi connectivity index (χ1) is 19.7. The van der Waals surface area contributed by atoms with Crippen LogP contribution in [0.5, 0.6) is 5.75 Å². The van der Waals surface area contributed by atoms with Gasteiger partial charge in [0, 0.05) is 0 Å². The molecule has 10 nitrogen and oxygen atoms in total. The Labute approximate surface area is 248 Å². The number of hydrogen-bond donors (Lipinski definition) is 6. The number of fused-ring (bicyclic) bond motifs is 3. The average Bonchev–Trinajstić information content (AvgIpc) is 2.87. The van der Waals surface area contributed by atoms with E-state index in [-0.39, 0.29) is 23.3 Å². The molecule has 4 atom stereocenters. The second kappa shape index (κ2) is 10.5. The molecule has 0 heterocycles. The van der Waals surface area contributed by atoms with E-state index in [0.29, 0.717) is 23.9 Å². The van der Waals surface area contributed by atoms with Crippen LogP contribution in [0.15, 0.2) is 23.0 Å². The van der Waals surface area contributed by atoms with Gasteiger partial charge in [0.2, 0.25) is 0 Å². The molecular formula is C31H42BN4O6. The predicted molar refractivity (Wildman–Crippen MR) is 163 cm³/mol. The molecule has 1 amide bonds. The van der Waals surface area contributed by atoms with Gasteiger partial charge in [0.25, 0.3) is 0 Å². The van der Waals surface area contributed by atoms with Crippen LogP contribution in [0.3, 0.4) is 0 Å². The van der Waals surface area contributed by atoms with Crippen molar-refractivity contribution in [1.29, 1.82) is 0 Å². The number of nitrogens with zero attached hydrogens (tertiary/aromatic N) is 2. The summed E-state index contributed by atoms with van der Waals surface area (Å²) in [4.78, 5) is 30.0. The predicted octanol–water partition coefficient (Wildman–Crippen LogP) is 1.47. The standard InChI is InChI=1S/C31H42BN4O6/c1-6-30(8-7-9-30)14-34-13-16-12-19(37)21-17(23(16)35(2)3)10-15-11-18-24(36(4)5)26(39)22(29(33)41)27(32)31(18,42)28(40)20(15)25(21)38/h12,15,18,24,34,37-39,42H,6-11,13-14H2,1-5H3,(H2,33,41)/t15-,18-,24-,31+/m0/s1. The van der Waals surface area contributed by atoms with Gasteiger partial charge >= 0.3 is 210 Å². The number of nitrogens with two attached hydrogens (primary N) is 1. The number of amides is 1. The number of ketones is 1. The van der Waals surface area contributed by atoms with Gasteiger partial charge in [0.1, 0.15) is 0 Å². The van der Waals surface area contributed by atoms with Crippen molar-refractivity contribution < 1.29 is 30.0 Å². The summed E-state index contributed by atoms with van der Waals surface area (Å²) < 4.78 is 0. The van der Waals surface area contributed by atoms with Gasteiger partial charge in [-0.3, -0.25) is 0 Å². The molecule has 225 valence electrons. The number of aromatic hydroxyl groups is 1. The second-order valence-electron chi connectivity index (χ2n) is 13.0. The number of hydrogen-bond acceptors (Lipinski definition) is 9. The summed E-state index contributed by atoms with van der Waals surface area (Å²) in [5.74, 6) is -4.34. The molecule has 1 aromatic carbocycles. The molecule has 0 saturated heterocycles. The summed E-state index contributed by atoms with van der Waals surface area (Å²) in [6.07, 6.45) is 5.27. The Hall–Kier alpha value is -3.15. The van der Waals surface area contributed by atoms with Crippen LogP contribution in [0.1, 0.15) is 55.7 Å². The molecule has 0 unspecified atom stereocenters. The molecule has 11 heteroatoms. The normalized spacial score (nSPS) is 28.3. The van der Waals surface area contributed by atoms with Crippen LogP contribution in [-0.2, 0) is 22.6 Å². The van der Waals surface area contributed by atoms with Crippen molar-refractivity contribution in [2.75, 3.05) is 39.6 Å². The van der Waals surface area contributed by atoms with E-state index in [0.717, 1.165) is 24.2 Å². The summed E-state index contributed by atoms with van der Waals surface area (Å²) >= 11 is 0. The molecule has 0 spiro atoms. The van der Waals surface area contributed by atoms with Gasteiger partial charge in [-0.15, -0.1) is 0 Å². The van der Waals surface area contributed by atoms with Crippen molar-refractivity contribution in [2.45, 2.75) is 63.6 Å². The number of benzene rings is 1. The monoisotopic (exact) mass is 577 g/mol. The third-order valence-electron chi connectivity index (χ3n) is 10.3. The molecule has 4 aliphatic rings. The average molecular weight is 578 g/mol. The van der Waals surface area contributed by atoms with Gasteiger partial charge in [-0.25, -0.2) is 0 Å². The fourth-order valence-corrected chi connectivity index (χ4v) is 7.95. The Kier molecular flexibility index (Phi) is 7.61. The van der Waals surface area contributed by atoms with Crippen molar-refractivity contribution in [3.8, 4) is 5.75 Å². The molecule has 7 N–H and O–H groups in total. The van der Waals surface area contributed by atoms with Crippen molar-refractivity contribution in [3.63, 3.8) is 0 Å². The van der Waals surface area contributed by atoms with E-state index in [9.17, 15) is 30.0 Å². The first-order valence-corrected chi connectivity index (χ1v) is 14.7. The summed E-state index contributed by atoms with van der Waals surface area (Å²) in [6, 6.07) is 0.700. The molecule has 2 fully saturated rings. The summed E-state index contributed by atoms with van der Waals surface area (Å²) in [7, 11) is 13.4. The number of primary amides is 1. The Morgan fingerprint density at radius 1 is 1.19 bits per heavy atom. The van der Waals surface area contributed by atoms with Crippen LogP contribution in [0.4, 0.5) is 5.69 Å². The second-order valence-corrected chi connectivity index (χ2v) is 13.0. The van der Waals surface area contributed by atoms with E-state index in [1.54, 1.807) is 25.1 Å². The van der Waals surface area contributed by atoms with Crippen LogP contribution < -0.4 is 16.0 Å². The maximum atomic E-state index is 14.1. The quantitative estimate of drug-likeness (QED) is 0.252. The minimum atomic E-state index is -2.39. The fraction of sp³-hybridized carbons (Fsp3) is 0.581. The number of carbonyl (C=O) groups excluding carboxylic acids is 2. The van der Waals surface area contributed by atoms with E-state index in [1.165, 1.54) is 19.3 Å². The van der Waals surface area contributed by atoms with Crippen molar-refractivity contribution in [1.82, 2.24) is 10.2 Å². The van der Waals surface area contributed by atoms with E-state index in [1.807, 2.05) is 19.0 Å². The van der Waals surface area contributed by atoms with Gasteiger partial charge in [-0.1, -0.05) is 13.3 Å². The molecule has 42 heavy (non-hydrogen) atoms. The van der Waals surface area contributed by atoms with Crippen molar-refractivity contribution in [2.24, 2.45) is 23.0 Å². The van der Waals surface area contributed by atoms with E-state index in [2.05, 4.69) is 12.2 Å². The number of anilines is 1. The zero-order valence-corrected chi connectivity index (χ0v) is 25.1. The maximum absolute atomic E-state index is 14.1. The topological polar surface area (TPSA) is 160 Å². The Morgan fingerprint density at radius 2 is 1.86 bits per heavy atom. The van der Waals surface area contributed by atoms with Crippen molar-refractivity contribution in [3.05, 3.63) is 39.7 Å². The van der Waals surface area contributed by atoms with Crippen LogP contribution in [-0.4, -0.2) is 96.3 Å². The number of rotatable bonds is 8. The van der Waals surface area contributed by atoms with Crippen LogP contribution in [0, 0.1) is 17.3 Å². The SMILES string of the molecule is [B]=C1C(C(N)=O)=C(O)[C@@H](N(C)C)[C@@H]2C[C@@H]3Cc4c(c(O)cc(CNCC5(CC)CCC5)c4N(C)C)C(O)=C3C(=O)[C@]12O. The third-order valence-corrected chi connectivity index (χ3v) is 10.3. The van der Waals surface area contributed by atoms with Gasteiger partial charge in [-0.05, 0) is 24.7 Å². The number of carbonyl (C=O) groups is 2. The number of aliphatic hydroxyl groups excluding tert-OH is 2. The number of aliphatic hydroxyl groups is 3. The molecule has 5 rings (SSSR count). The first kappa shape index (κ1) is 30.3. The number of phenolic OH excluding ortho intramolecular Hbond substituents is 1. The van der Waals surface area contributed by atoms with Crippen molar-refractivity contribution >= 4 is 36.1 Å². The Balaban J connectivity index is 1.59. The molecular weight excluding hydrogens is 535 g/mol. The Bertz CT molecular complexity index is 1420. The van der Waals surface area contributed by atoms with Crippen LogP contribution in [0.25, 0.3) is 5.76 Å². The summed E-state index contributed by atoms with van der Waals surface area (Å²) in [6.45, 7) is 3.63. The molecule has 0 aromatic heterocycles. The van der Waals surface area contributed by atoms with Gasteiger partial charge in [0.05, 0.1) is 0 Å². The fourth-order valence-electron chi connectivity index (χ4n) is 7.95. The minimum absolute atomic E-state index is 0.0485. The van der Waals surface area contributed by atoms with Gasteiger partial charge < -0.3 is 0 Å². The molecule has 2 saturated carbocycles. The third kappa shape index (κ3) is 4.31. The zero-order valence-electron chi connectivity index (χ0n) is 25.1. The van der Waals surface area contributed by atoms with E-state index < -0.39 is 57.7 Å². The zero-order chi connectivity index (χ0) is 30.9. The molecule has 0 bridgehead atoms. The van der Waals surface area contributed by atoms with Gasteiger partial charge in [-0.2, -0.15) is 0 Å². The van der Waals surface area contributed by atoms with Crippen LogP contribution >= 0.6 is 0 Å². The molecule has 4 aliphatic carbocycles. The number of nitrogens with one attached hydrogen (secondary N) is 1. The molecule has 1 radical (unpaired) electrons. The number of Topliss-reactive ketones (excluding diaryl/α,β-unsaturated/α-hetero) is 1. The van der Waals surface area contributed by atoms with Crippen LogP contribution in [0.2, 0.25) is 0 Å². The number of likely N-dealkylation sites (N-methyl/N-ethyl adjacent to an activating group) is 1. The summed E-state index contributed by atoms with van der Waals surface area (Å²) in [5, 5.41) is 49.4. The number of phenols is 1. The van der Waals surface area contributed by atoms with Gasteiger partial charge in [0.15, 0.2) is 0 Å². The molecule has 0 aliphatic heterocycles.